The number of hydrogen-bond acceptors (Lipinski definition) is 7. The second kappa shape index (κ2) is 7.78. The van der Waals surface area contributed by atoms with E-state index in [4.69, 9.17) is 20.8 Å². The van der Waals surface area contributed by atoms with Gasteiger partial charge in [-0.25, -0.2) is 4.98 Å². The van der Waals surface area contributed by atoms with Crippen LogP contribution in [0.1, 0.15) is 32.1 Å². The van der Waals surface area contributed by atoms with Gasteiger partial charge in [-0.05, 0) is 34.5 Å². The van der Waals surface area contributed by atoms with Crippen LogP contribution < -0.4 is 10.6 Å². The summed E-state index contributed by atoms with van der Waals surface area (Å²) in [4.78, 5) is 10.5. The van der Waals surface area contributed by atoms with E-state index in [1.807, 2.05) is 6.07 Å². The van der Waals surface area contributed by atoms with E-state index in [2.05, 4.69) is 14.8 Å². The average molecular weight is 399 g/mol. The van der Waals surface area contributed by atoms with Crippen molar-refractivity contribution in [3.8, 4) is 11.5 Å². The van der Waals surface area contributed by atoms with Gasteiger partial charge in [0.25, 0.3) is 0 Å². The van der Waals surface area contributed by atoms with Gasteiger partial charge in [0.15, 0.2) is 10.9 Å². The highest BCUT2D eigenvalue weighted by Crippen LogP contribution is 2.40. The summed E-state index contributed by atoms with van der Waals surface area (Å²) in [6.07, 6.45) is 8.58. The smallest absolute Gasteiger partial charge is 0.182 e. The first-order valence-electron chi connectivity index (χ1n) is 8.87. The first kappa shape index (κ1) is 17.5. The number of nitrogen functional groups attached to an aromatic ring is 1. The summed E-state index contributed by atoms with van der Waals surface area (Å²) < 4.78 is 5.65. The summed E-state index contributed by atoms with van der Waals surface area (Å²) in [6.45, 7) is 4.26. The van der Waals surface area contributed by atoms with Crippen LogP contribution >= 0.6 is 33.0 Å². The maximum atomic E-state index is 6.00. The van der Waals surface area contributed by atoms with Gasteiger partial charge >= 0.3 is 0 Å². The highest BCUT2D eigenvalue weighted by atomic mass is 35.7. The zero-order chi connectivity index (χ0) is 17.2. The van der Waals surface area contributed by atoms with Crippen LogP contribution in [0, 0.1) is 0 Å². The van der Waals surface area contributed by atoms with Gasteiger partial charge in [0.2, 0.25) is 0 Å². The molecule has 1 aliphatic heterocycles. The Kier molecular flexibility index (Phi) is 5.45. The number of piperazine rings is 1. The van der Waals surface area contributed by atoms with Crippen LogP contribution in [-0.4, -0.2) is 42.1 Å². The second-order valence-electron chi connectivity index (χ2n) is 6.74. The van der Waals surface area contributed by atoms with Crippen LogP contribution in [0.3, 0.4) is 0 Å². The molecule has 2 N–H and O–H groups in total. The molecule has 1 aliphatic carbocycles. The van der Waals surface area contributed by atoms with E-state index in [0.717, 1.165) is 64.5 Å². The molecule has 2 aliphatic rings. The zero-order valence-electron chi connectivity index (χ0n) is 14.1. The van der Waals surface area contributed by atoms with Gasteiger partial charge in [0.05, 0.1) is 4.90 Å². The molecule has 0 spiro atoms. The molecular weight excluding hydrogens is 376 g/mol. The van der Waals surface area contributed by atoms with Crippen molar-refractivity contribution in [3.05, 3.63) is 12.3 Å². The van der Waals surface area contributed by atoms with Crippen LogP contribution in [0.5, 0.6) is 0 Å². The van der Waals surface area contributed by atoms with Crippen molar-refractivity contribution in [3.63, 3.8) is 0 Å². The molecule has 0 aromatic carbocycles. The molecule has 8 heteroatoms. The minimum absolute atomic E-state index is 0.580. The third-order valence-corrected chi connectivity index (χ3v) is 7.09. The molecule has 2 aromatic heterocycles. The number of aromatic nitrogens is 1. The van der Waals surface area contributed by atoms with Crippen molar-refractivity contribution in [2.24, 2.45) is 0 Å². The molecule has 5 nitrogen and oxygen atoms in total. The summed E-state index contributed by atoms with van der Waals surface area (Å²) >= 11 is 1.54. The van der Waals surface area contributed by atoms with E-state index in [-0.39, 0.29) is 0 Å². The monoisotopic (exact) mass is 398 g/mol. The number of hydrogen-bond donors (Lipinski definition) is 1. The fourth-order valence-corrected chi connectivity index (χ4v) is 5.29. The van der Waals surface area contributed by atoms with Crippen molar-refractivity contribution >= 4 is 43.1 Å². The Labute approximate surface area is 161 Å². The summed E-state index contributed by atoms with van der Waals surface area (Å²) in [5.74, 6) is 0.737. The van der Waals surface area contributed by atoms with Crippen LogP contribution in [0.15, 0.2) is 21.6 Å². The minimum atomic E-state index is 0.580. The number of furan rings is 1. The van der Waals surface area contributed by atoms with Crippen molar-refractivity contribution in [1.82, 2.24) is 9.88 Å². The van der Waals surface area contributed by atoms with Gasteiger partial charge in [-0.15, -0.1) is 0 Å². The Balaban J connectivity index is 1.47. The number of nitrogens with two attached hydrogens (primary N) is 1. The molecule has 2 aromatic rings. The molecule has 25 heavy (non-hydrogen) atoms. The lowest BCUT2D eigenvalue weighted by Gasteiger charge is -2.41. The van der Waals surface area contributed by atoms with Gasteiger partial charge in [-0.1, -0.05) is 30.6 Å². The van der Waals surface area contributed by atoms with Crippen LogP contribution in [0.25, 0.3) is 11.5 Å². The highest BCUT2D eigenvalue weighted by molar-refractivity contribution is 8.21. The van der Waals surface area contributed by atoms with Gasteiger partial charge in [-0.2, -0.15) is 0 Å². The van der Waals surface area contributed by atoms with Crippen LogP contribution in [0.2, 0.25) is 0 Å². The lowest BCUT2D eigenvalue weighted by atomic mass is 9.94. The first-order chi connectivity index (χ1) is 12.2. The normalized spacial score (nSPS) is 20.3. The Morgan fingerprint density at radius 3 is 2.64 bits per heavy atom. The third-order valence-electron chi connectivity index (χ3n) is 5.22. The molecule has 0 unspecified atom stereocenters. The number of halogens is 1. The Morgan fingerprint density at radius 1 is 1.20 bits per heavy atom. The molecule has 0 atom stereocenters. The maximum absolute atomic E-state index is 6.00. The van der Waals surface area contributed by atoms with Gasteiger partial charge < -0.3 is 15.1 Å². The summed E-state index contributed by atoms with van der Waals surface area (Å²) in [5, 5.41) is 1.69. The van der Waals surface area contributed by atoms with E-state index in [1.165, 1.54) is 32.1 Å². The fourth-order valence-electron chi connectivity index (χ4n) is 3.92. The Hall–Kier alpha value is -0.890. The summed E-state index contributed by atoms with van der Waals surface area (Å²) in [5.41, 5.74) is 6.84. The minimum Gasteiger partial charge on any atom is -0.461 e. The molecule has 1 saturated carbocycles. The third kappa shape index (κ3) is 3.79. The fraction of sp³-hybridized carbons (Fsp3) is 0.588. The van der Waals surface area contributed by atoms with E-state index in [0.29, 0.717) is 5.13 Å². The summed E-state index contributed by atoms with van der Waals surface area (Å²) in [6, 6.07) is 2.71. The number of rotatable bonds is 4. The molecule has 4 rings (SSSR count). The van der Waals surface area contributed by atoms with Gasteiger partial charge in [0, 0.05) is 38.3 Å². The topological polar surface area (TPSA) is 58.5 Å². The van der Waals surface area contributed by atoms with E-state index in [9.17, 15) is 0 Å². The van der Waals surface area contributed by atoms with Gasteiger partial charge in [0.1, 0.15) is 17.0 Å². The SMILES string of the molecule is Nc1nc(-c2cc(SCl)co2)c(N2CCN(C3CCCCC3)CC2)s1. The van der Waals surface area contributed by atoms with Crippen LogP contribution in [-0.2, 0) is 0 Å². The lowest BCUT2D eigenvalue weighted by Crippen LogP contribution is -2.50. The number of anilines is 2. The standard InChI is InChI=1S/C17H23ClN4OS2/c18-25-13-10-14(23-11-13)15-16(24-17(19)20-15)22-8-6-21(7-9-22)12-4-2-1-3-5-12/h10-12H,1-9H2,(H2,19,20). The average Bonchev–Trinajstić information content (AvgIpc) is 3.29. The quantitative estimate of drug-likeness (QED) is 0.806. The number of thiazole rings is 1. The zero-order valence-corrected chi connectivity index (χ0v) is 16.5. The molecule has 0 bridgehead atoms. The number of nitrogens with zero attached hydrogens (tertiary/aromatic N) is 3. The van der Waals surface area contributed by atoms with E-state index < -0.39 is 0 Å². The van der Waals surface area contributed by atoms with E-state index in [1.54, 1.807) is 17.6 Å². The van der Waals surface area contributed by atoms with Crippen molar-refractivity contribution in [2.75, 3.05) is 36.8 Å². The van der Waals surface area contributed by atoms with Crippen molar-refractivity contribution < 1.29 is 4.42 Å². The summed E-state index contributed by atoms with van der Waals surface area (Å²) in [7, 11) is 6.96. The second-order valence-corrected chi connectivity index (χ2v) is 8.84. The largest absolute Gasteiger partial charge is 0.461 e. The molecular formula is C17H23ClN4OS2. The molecule has 0 amide bonds. The predicted molar refractivity (Wildman–Crippen MR) is 107 cm³/mol. The molecule has 136 valence electrons. The van der Waals surface area contributed by atoms with Gasteiger partial charge in [-0.3, -0.25) is 4.90 Å². The predicted octanol–water partition coefficient (Wildman–Crippen LogP) is 4.69. The van der Waals surface area contributed by atoms with Crippen molar-refractivity contribution in [2.45, 2.75) is 43.0 Å². The van der Waals surface area contributed by atoms with Crippen molar-refractivity contribution in [1.29, 1.82) is 0 Å². The van der Waals surface area contributed by atoms with E-state index >= 15 is 0 Å². The molecule has 3 heterocycles. The Bertz CT molecular complexity index is 705. The molecule has 0 radical (unpaired) electrons. The highest BCUT2D eigenvalue weighted by Gasteiger charge is 2.28. The molecule has 2 fully saturated rings. The molecule has 1 saturated heterocycles. The lowest BCUT2D eigenvalue weighted by molar-refractivity contribution is 0.148. The Morgan fingerprint density at radius 2 is 1.96 bits per heavy atom. The first-order valence-corrected chi connectivity index (χ1v) is 11.3. The van der Waals surface area contributed by atoms with Crippen LogP contribution in [0.4, 0.5) is 10.1 Å². The maximum Gasteiger partial charge on any atom is 0.182 e.